The number of aliphatic hydroxyl groups is 1. The molecule has 0 unspecified atom stereocenters. The van der Waals surface area contributed by atoms with Crippen LogP contribution >= 0.6 is 0 Å². The van der Waals surface area contributed by atoms with Gasteiger partial charge in [0.15, 0.2) is 0 Å². The lowest BCUT2D eigenvalue weighted by atomic mass is 10.0. The maximum atomic E-state index is 12.6. The Morgan fingerprint density at radius 2 is 2.14 bits per heavy atom. The lowest BCUT2D eigenvalue weighted by molar-refractivity contribution is 0.0157. The summed E-state index contributed by atoms with van der Waals surface area (Å²) < 4.78 is 0. The molecule has 2 N–H and O–H groups in total. The molecule has 0 atom stereocenters. The van der Waals surface area contributed by atoms with E-state index >= 15 is 0 Å². The topological polar surface area (TPSA) is 65.5 Å². The SMILES string of the molecule is CCNc1cc(C)ncc1C(=O)N(C)CC1(O)CCCC1. The first-order chi connectivity index (χ1) is 9.95. The third kappa shape index (κ3) is 3.73. The normalized spacial score (nSPS) is 16.8. The lowest BCUT2D eigenvalue weighted by Gasteiger charge is -2.29. The molecule has 1 aromatic heterocycles. The van der Waals surface area contributed by atoms with E-state index in [2.05, 4.69) is 10.3 Å². The van der Waals surface area contributed by atoms with Gasteiger partial charge in [-0.25, -0.2) is 0 Å². The summed E-state index contributed by atoms with van der Waals surface area (Å²) in [6, 6.07) is 1.88. The molecular weight excluding hydrogens is 266 g/mol. The summed E-state index contributed by atoms with van der Waals surface area (Å²) in [5.74, 6) is -0.0984. The largest absolute Gasteiger partial charge is 0.388 e. The number of aromatic nitrogens is 1. The minimum Gasteiger partial charge on any atom is -0.388 e. The smallest absolute Gasteiger partial charge is 0.257 e. The Labute approximate surface area is 126 Å². The number of hydrogen-bond donors (Lipinski definition) is 2. The molecular formula is C16H25N3O2. The Kier molecular flexibility index (Phi) is 4.83. The van der Waals surface area contributed by atoms with Crippen molar-refractivity contribution in [2.24, 2.45) is 0 Å². The zero-order valence-electron chi connectivity index (χ0n) is 13.1. The predicted molar refractivity (Wildman–Crippen MR) is 83.5 cm³/mol. The summed E-state index contributed by atoms with van der Waals surface area (Å²) in [6.07, 6.45) is 5.24. The number of aryl methyl sites for hydroxylation is 1. The van der Waals surface area contributed by atoms with Gasteiger partial charge in [-0.2, -0.15) is 0 Å². The van der Waals surface area contributed by atoms with E-state index < -0.39 is 5.60 Å². The second-order valence-electron chi connectivity index (χ2n) is 5.99. The number of carbonyl (C=O) groups is 1. The third-order valence-electron chi connectivity index (χ3n) is 4.05. The highest BCUT2D eigenvalue weighted by Crippen LogP contribution is 2.30. The molecule has 1 saturated carbocycles. The zero-order chi connectivity index (χ0) is 15.5. The van der Waals surface area contributed by atoms with Gasteiger partial charge < -0.3 is 15.3 Å². The Morgan fingerprint density at radius 1 is 1.48 bits per heavy atom. The van der Waals surface area contributed by atoms with Crippen LogP contribution in [0.5, 0.6) is 0 Å². The molecule has 0 bridgehead atoms. The monoisotopic (exact) mass is 291 g/mol. The van der Waals surface area contributed by atoms with Gasteiger partial charge in [0.25, 0.3) is 5.91 Å². The van der Waals surface area contributed by atoms with Crippen molar-refractivity contribution in [2.75, 3.05) is 25.5 Å². The van der Waals surface area contributed by atoms with Gasteiger partial charge in [-0.15, -0.1) is 0 Å². The van der Waals surface area contributed by atoms with Crippen LogP contribution < -0.4 is 5.32 Å². The van der Waals surface area contributed by atoms with Gasteiger partial charge in [0.05, 0.1) is 16.9 Å². The van der Waals surface area contributed by atoms with E-state index in [-0.39, 0.29) is 5.91 Å². The molecule has 1 heterocycles. The number of pyridine rings is 1. The highest BCUT2D eigenvalue weighted by Gasteiger charge is 2.34. The first-order valence-electron chi connectivity index (χ1n) is 7.63. The van der Waals surface area contributed by atoms with Gasteiger partial charge in [-0.1, -0.05) is 12.8 Å². The number of likely N-dealkylation sites (N-methyl/N-ethyl adjacent to an activating group) is 1. The number of anilines is 1. The molecule has 1 fully saturated rings. The maximum absolute atomic E-state index is 12.6. The zero-order valence-corrected chi connectivity index (χ0v) is 13.1. The molecule has 0 radical (unpaired) electrons. The van der Waals surface area contributed by atoms with Crippen LogP contribution in [-0.2, 0) is 0 Å². The van der Waals surface area contributed by atoms with Crippen LogP contribution in [0.1, 0.15) is 48.7 Å². The molecule has 0 saturated heterocycles. The van der Waals surface area contributed by atoms with Gasteiger partial charge in [-0.3, -0.25) is 9.78 Å². The van der Waals surface area contributed by atoms with Gasteiger partial charge in [0.1, 0.15) is 0 Å². The molecule has 0 spiro atoms. The quantitative estimate of drug-likeness (QED) is 0.873. The summed E-state index contributed by atoms with van der Waals surface area (Å²) in [5, 5.41) is 13.7. The molecule has 21 heavy (non-hydrogen) atoms. The summed E-state index contributed by atoms with van der Waals surface area (Å²) in [6.45, 7) is 5.03. The van der Waals surface area contributed by atoms with Crippen LogP contribution in [0, 0.1) is 6.92 Å². The van der Waals surface area contributed by atoms with Crippen LogP contribution in [0.25, 0.3) is 0 Å². The van der Waals surface area contributed by atoms with E-state index in [0.29, 0.717) is 12.1 Å². The molecule has 1 aliphatic rings. The van der Waals surface area contributed by atoms with Crippen molar-refractivity contribution in [3.05, 3.63) is 23.5 Å². The Bertz CT molecular complexity index is 510. The number of hydrogen-bond acceptors (Lipinski definition) is 4. The Balaban J connectivity index is 2.15. The van der Waals surface area contributed by atoms with Gasteiger partial charge in [0.2, 0.25) is 0 Å². The van der Waals surface area contributed by atoms with Gasteiger partial charge >= 0.3 is 0 Å². The van der Waals surface area contributed by atoms with Crippen molar-refractivity contribution >= 4 is 11.6 Å². The van der Waals surface area contributed by atoms with Crippen LogP contribution in [0.4, 0.5) is 5.69 Å². The van der Waals surface area contributed by atoms with E-state index in [0.717, 1.165) is 43.6 Å². The van der Waals surface area contributed by atoms with Crippen LogP contribution in [0.3, 0.4) is 0 Å². The summed E-state index contributed by atoms with van der Waals surface area (Å²) >= 11 is 0. The van der Waals surface area contributed by atoms with Crippen LogP contribution in [0.15, 0.2) is 12.3 Å². The minimum absolute atomic E-state index is 0.0984. The van der Waals surface area contributed by atoms with E-state index in [9.17, 15) is 9.90 Å². The third-order valence-corrected chi connectivity index (χ3v) is 4.05. The molecule has 5 heteroatoms. The van der Waals surface area contributed by atoms with Crippen LogP contribution in [-0.4, -0.2) is 46.6 Å². The highest BCUT2D eigenvalue weighted by molar-refractivity contribution is 5.99. The van der Waals surface area contributed by atoms with Crippen molar-refractivity contribution in [3.63, 3.8) is 0 Å². The maximum Gasteiger partial charge on any atom is 0.257 e. The summed E-state index contributed by atoms with van der Waals surface area (Å²) in [5.41, 5.74) is 1.52. The van der Waals surface area contributed by atoms with E-state index in [1.165, 1.54) is 0 Å². The van der Waals surface area contributed by atoms with E-state index in [1.807, 2.05) is 19.9 Å². The van der Waals surface area contributed by atoms with Gasteiger partial charge in [0, 0.05) is 32.0 Å². The summed E-state index contributed by atoms with van der Waals surface area (Å²) in [4.78, 5) is 18.5. The average molecular weight is 291 g/mol. The molecule has 0 aliphatic heterocycles. The number of carbonyl (C=O) groups excluding carboxylic acids is 1. The highest BCUT2D eigenvalue weighted by atomic mass is 16.3. The summed E-state index contributed by atoms with van der Waals surface area (Å²) in [7, 11) is 1.74. The predicted octanol–water partition coefficient (Wildman–Crippen LogP) is 2.20. The fourth-order valence-electron chi connectivity index (χ4n) is 2.98. The molecule has 0 aromatic carbocycles. The molecule has 5 nitrogen and oxygen atoms in total. The first-order valence-corrected chi connectivity index (χ1v) is 7.63. The molecule has 116 valence electrons. The number of amides is 1. The Morgan fingerprint density at radius 3 is 2.76 bits per heavy atom. The van der Waals surface area contributed by atoms with Crippen molar-refractivity contribution in [1.29, 1.82) is 0 Å². The molecule has 1 aromatic rings. The number of nitrogens with one attached hydrogen (secondary N) is 1. The van der Waals surface area contributed by atoms with E-state index in [4.69, 9.17) is 0 Å². The molecule has 2 rings (SSSR count). The van der Waals surface area contributed by atoms with Crippen molar-refractivity contribution in [2.45, 2.75) is 45.1 Å². The molecule has 1 amide bonds. The van der Waals surface area contributed by atoms with Crippen molar-refractivity contribution in [1.82, 2.24) is 9.88 Å². The Hall–Kier alpha value is -1.62. The van der Waals surface area contributed by atoms with Crippen molar-refractivity contribution < 1.29 is 9.90 Å². The molecule has 1 aliphatic carbocycles. The second-order valence-corrected chi connectivity index (χ2v) is 5.99. The average Bonchev–Trinajstić information content (AvgIpc) is 2.85. The standard InChI is InChI=1S/C16H25N3O2/c1-4-17-14-9-12(2)18-10-13(14)15(20)19(3)11-16(21)7-5-6-8-16/h9-10,21H,4-8,11H2,1-3H3,(H,17,18). The minimum atomic E-state index is -0.721. The fourth-order valence-corrected chi connectivity index (χ4v) is 2.98. The fraction of sp³-hybridized carbons (Fsp3) is 0.625. The van der Waals surface area contributed by atoms with Crippen molar-refractivity contribution in [3.8, 4) is 0 Å². The van der Waals surface area contributed by atoms with Crippen LogP contribution in [0.2, 0.25) is 0 Å². The number of rotatable bonds is 5. The second kappa shape index (κ2) is 6.43. The first kappa shape index (κ1) is 15.8. The number of nitrogens with zero attached hydrogens (tertiary/aromatic N) is 2. The van der Waals surface area contributed by atoms with E-state index in [1.54, 1.807) is 18.1 Å². The lowest BCUT2D eigenvalue weighted by Crippen LogP contribution is -2.42. The van der Waals surface area contributed by atoms with Gasteiger partial charge in [-0.05, 0) is 32.8 Å².